The molecule has 3 aromatic carbocycles. The molecule has 0 bridgehead atoms. The minimum atomic E-state index is -0.489. The summed E-state index contributed by atoms with van der Waals surface area (Å²) in [5.41, 5.74) is 3.13. The number of benzene rings is 3. The van der Waals surface area contributed by atoms with Gasteiger partial charge >= 0.3 is 0 Å². The highest BCUT2D eigenvalue weighted by atomic mass is 35.5. The van der Waals surface area contributed by atoms with Crippen molar-refractivity contribution in [3.8, 4) is 17.2 Å². The molecule has 0 amide bonds. The number of allylic oxidation sites excluding steroid dienone is 1. The number of rotatable bonds is 5. The summed E-state index contributed by atoms with van der Waals surface area (Å²) in [6, 6.07) is 12.9. The largest absolute Gasteiger partial charge is 0.488 e. The second kappa shape index (κ2) is 8.81. The standard InChI is InChI=1S/C25H18ClNO7/c1-14-21(32-12-17-10-18(26)9-16-11-31-13-33-25(16)17)6-5-20-23(28)22(34-24(14)20)8-15-3-2-4-19(7-15)27(29)30/h2-10H,11-13H2,1H3/b22-8-. The lowest BCUT2D eigenvalue weighted by Gasteiger charge is -2.21. The molecule has 2 heterocycles. The number of carbonyl (C=O) groups is 1. The maximum absolute atomic E-state index is 12.8. The summed E-state index contributed by atoms with van der Waals surface area (Å²) in [6.45, 7) is 2.58. The molecule has 0 radical (unpaired) electrons. The van der Waals surface area contributed by atoms with Crippen molar-refractivity contribution in [2.75, 3.05) is 6.79 Å². The van der Waals surface area contributed by atoms with Gasteiger partial charge in [-0.15, -0.1) is 0 Å². The smallest absolute Gasteiger partial charge is 0.270 e. The van der Waals surface area contributed by atoms with Crippen LogP contribution < -0.4 is 14.2 Å². The predicted octanol–water partition coefficient (Wildman–Crippen LogP) is 5.62. The molecule has 2 aliphatic heterocycles. The second-order valence-corrected chi connectivity index (χ2v) is 8.25. The minimum Gasteiger partial charge on any atom is -0.488 e. The Hall–Kier alpha value is -3.88. The van der Waals surface area contributed by atoms with Crippen molar-refractivity contribution >= 4 is 29.1 Å². The first-order chi connectivity index (χ1) is 16.4. The quantitative estimate of drug-likeness (QED) is 0.266. The lowest BCUT2D eigenvalue weighted by Crippen LogP contribution is -2.14. The number of halogens is 1. The van der Waals surface area contributed by atoms with E-state index in [1.165, 1.54) is 18.2 Å². The summed E-state index contributed by atoms with van der Waals surface area (Å²) < 4.78 is 22.8. The molecule has 8 nitrogen and oxygen atoms in total. The molecule has 0 aliphatic carbocycles. The normalized spacial score (nSPS) is 15.4. The summed E-state index contributed by atoms with van der Waals surface area (Å²) in [5, 5.41) is 11.6. The number of carbonyl (C=O) groups excluding carboxylic acids is 1. The van der Waals surface area contributed by atoms with Crippen LogP contribution in [0.25, 0.3) is 6.08 Å². The van der Waals surface area contributed by atoms with E-state index in [1.807, 2.05) is 0 Å². The molecule has 5 rings (SSSR count). The third-order valence-electron chi connectivity index (χ3n) is 5.55. The lowest BCUT2D eigenvalue weighted by molar-refractivity contribution is -0.384. The van der Waals surface area contributed by atoms with Gasteiger partial charge in [0.05, 0.1) is 17.1 Å². The molecule has 0 atom stereocenters. The molecule has 172 valence electrons. The van der Waals surface area contributed by atoms with Crippen LogP contribution in [0.5, 0.6) is 17.2 Å². The molecule has 0 N–H and O–H groups in total. The zero-order chi connectivity index (χ0) is 23.8. The van der Waals surface area contributed by atoms with Crippen LogP contribution in [0, 0.1) is 17.0 Å². The highest BCUT2D eigenvalue weighted by molar-refractivity contribution is 6.30. The van der Waals surface area contributed by atoms with Crippen LogP contribution >= 0.6 is 11.6 Å². The fraction of sp³-hybridized carbons (Fsp3) is 0.160. The van der Waals surface area contributed by atoms with Gasteiger partial charge in [0.25, 0.3) is 5.69 Å². The molecule has 0 aromatic heterocycles. The number of hydrogen-bond donors (Lipinski definition) is 0. The molecule has 0 saturated heterocycles. The molecule has 3 aromatic rings. The lowest BCUT2D eigenvalue weighted by atomic mass is 10.1. The number of non-ortho nitro benzene ring substituents is 1. The van der Waals surface area contributed by atoms with Gasteiger partial charge in [0.2, 0.25) is 5.78 Å². The van der Waals surface area contributed by atoms with Crippen molar-refractivity contribution in [3.63, 3.8) is 0 Å². The van der Waals surface area contributed by atoms with Gasteiger partial charge in [-0.25, -0.2) is 0 Å². The van der Waals surface area contributed by atoms with Gasteiger partial charge in [0.1, 0.15) is 23.9 Å². The van der Waals surface area contributed by atoms with E-state index in [-0.39, 0.29) is 30.6 Å². The van der Waals surface area contributed by atoms with Crippen molar-refractivity contribution in [1.29, 1.82) is 0 Å². The van der Waals surface area contributed by atoms with E-state index >= 15 is 0 Å². The van der Waals surface area contributed by atoms with Crippen molar-refractivity contribution in [1.82, 2.24) is 0 Å². The number of nitro benzene ring substituents is 1. The Morgan fingerprint density at radius 2 is 2.03 bits per heavy atom. The zero-order valence-electron chi connectivity index (χ0n) is 18.0. The van der Waals surface area contributed by atoms with Gasteiger partial charge in [0.15, 0.2) is 12.6 Å². The molecular weight excluding hydrogens is 462 g/mol. The Labute approximate surface area is 199 Å². The van der Waals surface area contributed by atoms with Gasteiger partial charge in [-0.2, -0.15) is 0 Å². The van der Waals surface area contributed by atoms with Crippen molar-refractivity contribution < 1.29 is 28.7 Å². The van der Waals surface area contributed by atoms with Gasteiger partial charge in [-0.1, -0.05) is 23.7 Å². The van der Waals surface area contributed by atoms with Gasteiger partial charge in [-0.3, -0.25) is 14.9 Å². The fourth-order valence-corrected chi connectivity index (χ4v) is 4.19. The molecule has 0 unspecified atom stereocenters. The van der Waals surface area contributed by atoms with Crippen molar-refractivity contribution in [2.45, 2.75) is 20.1 Å². The van der Waals surface area contributed by atoms with E-state index in [1.54, 1.807) is 43.3 Å². The maximum atomic E-state index is 12.8. The Morgan fingerprint density at radius 3 is 2.85 bits per heavy atom. The summed E-state index contributed by atoms with van der Waals surface area (Å²) >= 11 is 6.23. The van der Waals surface area contributed by atoms with Crippen LogP contribution in [-0.4, -0.2) is 17.5 Å². The first-order valence-electron chi connectivity index (χ1n) is 10.4. The minimum absolute atomic E-state index is 0.0667. The number of nitrogens with zero attached hydrogens (tertiary/aromatic N) is 1. The monoisotopic (exact) mass is 479 g/mol. The van der Waals surface area contributed by atoms with Crippen LogP contribution in [0.15, 0.2) is 54.3 Å². The van der Waals surface area contributed by atoms with E-state index in [2.05, 4.69) is 0 Å². The maximum Gasteiger partial charge on any atom is 0.270 e. The number of hydrogen-bond acceptors (Lipinski definition) is 7. The van der Waals surface area contributed by atoms with E-state index in [9.17, 15) is 14.9 Å². The number of ether oxygens (including phenoxy) is 4. The first-order valence-corrected chi connectivity index (χ1v) is 10.8. The highest BCUT2D eigenvalue weighted by Gasteiger charge is 2.30. The van der Waals surface area contributed by atoms with Crippen LogP contribution in [0.3, 0.4) is 0 Å². The molecule has 2 aliphatic rings. The van der Waals surface area contributed by atoms with Gasteiger partial charge < -0.3 is 18.9 Å². The highest BCUT2D eigenvalue weighted by Crippen LogP contribution is 2.40. The van der Waals surface area contributed by atoms with E-state index in [0.29, 0.717) is 45.6 Å². The summed E-state index contributed by atoms with van der Waals surface area (Å²) in [7, 11) is 0. The molecule has 9 heteroatoms. The van der Waals surface area contributed by atoms with Crippen molar-refractivity contribution in [3.05, 3.63) is 97.2 Å². The Kier molecular flexibility index (Phi) is 5.69. The van der Waals surface area contributed by atoms with E-state index < -0.39 is 4.92 Å². The summed E-state index contributed by atoms with van der Waals surface area (Å²) in [5.74, 6) is 1.44. The van der Waals surface area contributed by atoms with Crippen molar-refractivity contribution in [2.24, 2.45) is 0 Å². The summed E-state index contributed by atoms with van der Waals surface area (Å²) in [4.78, 5) is 23.4. The van der Waals surface area contributed by atoms with Gasteiger partial charge in [-0.05, 0) is 42.8 Å². The molecular formula is C25H18ClNO7. The first kappa shape index (κ1) is 21.9. The third-order valence-corrected chi connectivity index (χ3v) is 5.77. The zero-order valence-corrected chi connectivity index (χ0v) is 18.8. The van der Waals surface area contributed by atoms with E-state index in [0.717, 1.165) is 11.1 Å². The van der Waals surface area contributed by atoms with Crippen LogP contribution in [0.2, 0.25) is 5.02 Å². The molecule has 0 spiro atoms. The third kappa shape index (κ3) is 4.09. The van der Waals surface area contributed by atoms with Crippen LogP contribution in [0.1, 0.15) is 32.6 Å². The fourth-order valence-electron chi connectivity index (χ4n) is 3.92. The van der Waals surface area contributed by atoms with Gasteiger partial charge in [0, 0.05) is 33.8 Å². The number of nitro groups is 1. The number of fused-ring (bicyclic) bond motifs is 2. The second-order valence-electron chi connectivity index (χ2n) is 7.81. The number of Topliss-reactive ketones (excluding diaryl/α,β-unsaturated/α-hetero) is 1. The van der Waals surface area contributed by atoms with Crippen LogP contribution in [-0.2, 0) is 18.0 Å². The summed E-state index contributed by atoms with van der Waals surface area (Å²) in [6.07, 6.45) is 1.49. The predicted molar refractivity (Wildman–Crippen MR) is 123 cm³/mol. The molecule has 34 heavy (non-hydrogen) atoms. The van der Waals surface area contributed by atoms with E-state index in [4.69, 9.17) is 30.5 Å². The topological polar surface area (TPSA) is 97.1 Å². The Bertz CT molecular complexity index is 1370. The average Bonchev–Trinajstić information content (AvgIpc) is 3.14. The number of ketones is 1. The molecule has 0 saturated carbocycles. The average molecular weight is 480 g/mol. The Balaban J connectivity index is 1.39. The van der Waals surface area contributed by atoms with Crippen LogP contribution in [0.4, 0.5) is 5.69 Å². The Morgan fingerprint density at radius 1 is 1.18 bits per heavy atom. The SMILES string of the molecule is Cc1c(OCc2cc(Cl)cc3c2OCOC3)ccc2c1O/C(=C\c1cccc([N+](=O)[O-])c1)C2=O. The molecule has 0 fully saturated rings.